The molecule has 2 aromatic heterocycles. The Bertz CT molecular complexity index is 1120. The third-order valence-electron chi connectivity index (χ3n) is 6.67. The average Bonchev–Trinajstić information content (AvgIpc) is 3.43. The molecule has 0 saturated carbocycles. The fourth-order valence-corrected chi connectivity index (χ4v) is 7.25. The van der Waals surface area contributed by atoms with Crippen molar-refractivity contribution in [1.29, 1.82) is 0 Å². The minimum Gasteiger partial charge on any atom is -0.479 e. The first kappa shape index (κ1) is 24.2. The van der Waals surface area contributed by atoms with Crippen molar-refractivity contribution in [3.05, 3.63) is 48.5 Å². The number of aliphatic carboxylic acids is 1. The minimum absolute atomic E-state index is 0.355. The summed E-state index contributed by atoms with van der Waals surface area (Å²) in [7, 11) is -2.28. The van der Waals surface area contributed by atoms with E-state index in [4.69, 9.17) is 9.16 Å². The molecule has 2 N–H and O–H groups in total. The van der Waals surface area contributed by atoms with Crippen LogP contribution in [0.15, 0.2) is 43.0 Å². The van der Waals surface area contributed by atoms with Crippen LogP contribution in [-0.4, -0.2) is 57.3 Å². The fourth-order valence-electron chi connectivity index (χ4n) is 4.41. The van der Waals surface area contributed by atoms with Crippen LogP contribution in [0.4, 0.5) is 10.2 Å². The summed E-state index contributed by atoms with van der Waals surface area (Å²) in [6.07, 6.45) is -2.73. The van der Waals surface area contributed by atoms with E-state index in [2.05, 4.69) is 20.3 Å². The first-order chi connectivity index (χ1) is 16.4. The lowest BCUT2D eigenvalue weighted by atomic mass is 10.1. The van der Waals surface area contributed by atoms with Gasteiger partial charge in [-0.25, -0.2) is 24.1 Å². The molecule has 34 heavy (non-hydrogen) atoms. The number of aromatic nitrogens is 4. The zero-order chi connectivity index (χ0) is 24.3. The monoisotopic (exact) mass is 487 g/mol. The van der Waals surface area contributed by atoms with E-state index in [0.29, 0.717) is 23.5 Å². The van der Waals surface area contributed by atoms with Crippen LogP contribution in [0.3, 0.4) is 0 Å². The summed E-state index contributed by atoms with van der Waals surface area (Å²) in [6.45, 7) is 6.57. The highest BCUT2D eigenvalue weighted by molar-refractivity contribution is 6.73. The van der Waals surface area contributed by atoms with E-state index in [1.165, 1.54) is 17.2 Å². The topological polar surface area (TPSA) is 111 Å². The molecule has 11 heteroatoms. The van der Waals surface area contributed by atoms with Crippen molar-refractivity contribution in [2.75, 3.05) is 5.32 Å². The first-order valence-corrected chi connectivity index (χ1v) is 14.1. The number of anilines is 1. The van der Waals surface area contributed by atoms with Crippen LogP contribution in [0, 0.1) is 0 Å². The average molecular weight is 488 g/mol. The molecule has 0 bridgehead atoms. The van der Waals surface area contributed by atoms with E-state index in [1.54, 1.807) is 0 Å². The summed E-state index contributed by atoms with van der Waals surface area (Å²) in [5, 5.41) is 13.0. The van der Waals surface area contributed by atoms with E-state index in [9.17, 15) is 9.90 Å². The highest BCUT2D eigenvalue weighted by Crippen LogP contribution is 2.39. The fraction of sp³-hybridized carbons (Fsp3) is 0.478. The molecular weight excluding hydrogens is 457 g/mol. The van der Waals surface area contributed by atoms with Crippen LogP contribution in [0.1, 0.15) is 32.6 Å². The van der Waals surface area contributed by atoms with Crippen molar-refractivity contribution in [3.63, 3.8) is 0 Å². The van der Waals surface area contributed by atoms with Crippen molar-refractivity contribution in [2.45, 2.75) is 70.1 Å². The number of carbonyl (C=O) groups is 1. The summed E-state index contributed by atoms with van der Waals surface area (Å²) < 4.78 is 29.2. The second kappa shape index (κ2) is 10.2. The molecule has 0 radical (unpaired) electrons. The number of imidazole rings is 1. The zero-order valence-corrected chi connectivity index (χ0v) is 20.5. The zero-order valence-electron chi connectivity index (χ0n) is 19.5. The molecule has 3 aromatic rings. The molecular formula is C23H30FN5O4Si. The van der Waals surface area contributed by atoms with E-state index in [1.807, 2.05) is 51.1 Å². The summed E-state index contributed by atoms with van der Waals surface area (Å²) in [5.41, 5.74) is 1.87. The highest BCUT2D eigenvalue weighted by Gasteiger charge is 2.53. The van der Waals surface area contributed by atoms with Crippen molar-refractivity contribution >= 4 is 31.3 Å². The lowest BCUT2D eigenvalue weighted by Crippen LogP contribution is -2.47. The number of carboxylic acids is 1. The molecule has 9 nitrogen and oxygen atoms in total. The lowest BCUT2D eigenvalue weighted by Gasteiger charge is -2.33. The van der Waals surface area contributed by atoms with Gasteiger partial charge in [0, 0.05) is 6.54 Å². The van der Waals surface area contributed by atoms with Gasteiger partial charge in [-0.05, 0) is 23.7 Å². The molecule has 0 spiro atoms. The Hall–Kier alpha value is -2.89. The van der Waals surface area contributed by atoms with Gasteiger partial charge in [0.15, 0.2) is 43.8 Å². The molecule has 3 heterocycles. The Morgan fingerprint density at radius 3 is 2.53 bits per heavy atom. The Balaban J connectivity index is 1.61. The molecule has 0 amide bonds. The second-order valence-electron chi connectivity index (χ2n) is 8.44. The molecule has 1 aliphatic rings. The van der Waals surface area contributed by atoms with Gasteiger partial charge in [-0.1, -0.05) is 51.1 Å². The Kier molecular flexibility index (Phi) is 7.24. The van der Waals surface area contributed by atoms with Crippen LogP contribution in [0.5, 0.6) is 0 Å². The van der Waals surface area contributed by atoms with Crippen molar-refractivity contribution < 1.29 is 23.5 Å². The number of rotatable bonds is 10. The number of halogens is 1. The van der Waals surface area contributed by atoms with Crippen LogP contribution >= 0.6 is 0 Å². The van der Waals surface area contributed by atoms with Gasteiger partial charge in [-0.15, -0.1) is 0 Å². The maximum absolute atomic E-state index is 15.8. The normalized spacial score (nSPS) is 22.8. The molecule has 1 fully saturated rings. The van der Waals surface area contributed by atoms with Crippen LogP contribution in [0.2, 0.25) is 18.1 Å². The number of nitrogens with zero attached hydrogens (tertiary/aromatic N) is 4. The Morgan fingerprint density at radius 1 is 1.18 bits per heavy atom. The summed E-state index contributed by atoms with van der Waals surface area (Å²) >= 11 is 0. The molecule has 182 valence electrons. The van der Waals surface area contributed by atoms with Crippen LogP contribution in [-0.2, 0) is 20.5 Å². The predicted octanol–water partition coefficient (Wildman–Crippen LogP) is 4.15. The van der Waals surface area contributed by atoms with Gasteiger partial charge in [0.1, 0.15) is 12.4 Å². The molecule has 4 rings (SSSR count). The predicted molar refractivity (Wildman–Crippen MR) is 128 cm³/mol. The first-order valence-electron chi connectivity index (χ1n) is 11.6. The number of hydrogen-bond donors (Lipinski definition) is 2. The van der Waals surface area contributed by atoms with E-state index < -0.39 is 38.9 Å². The van der Waals surface area contributed by atoms with E-state index in [0.717, 1.165) is 23.7 Å². The van der Waals surface area contributed by atoms with E-state index >= 15 is 4.39 Å². The lowest BCUT2D eigenvalue weighted by molar-refractivity contribution is -0.154. The van der Waals surface area contributed by atoms with Gasteiger partial charge in [-0.2, -0.15) is 0 Å². The van der Waals surface area contributed by atoms with Gasteiger partial charge >= 0.3 is 5.97 Å². The molecule has 0 aliphatic carbocycles. The van der Waals surface area contributed by atoms with Crippen LogP contribution in [0.25, 0.3) is 11.2 Å². The summed E-state index contributed by atoms with van der Waals surface area (Å²) in [6, 6.07) is 12.1. The van der Waals surface area contributed by atoms with Crippen LogP contribution < -0.4 is 5.32 Å². The quantitative estimate of drug-likeness (QED) is 0.410. The smallest absolute Gasteiger partial charge is 0.335 e. The van der Waals surface area contributed by atoms with E-state index in [-0.39, 0.29) is 0 Å². The molecule has 0 unspecified atom stereocenters. The second-order valence-corrected chi connectivity index (χ2v) is 13.2. The molecule has 1 saturated heterocycles. The van der Waals surface area contributed by atoms with Crippen molar-refractivity contribution in [3.8, 4) is 0 Å². The van der Waals surface area contributed by atoms with Crippen molar-refractivity contribution in [1.82, 2.24) is 19.5 Å². The van der Waals surface area contributed by atoms with Gasteiger partial charge in [0.25, 0.3) is 0 Å². The maximum atomic E-state index is 15.8. The summed E-state index contributed by atoms with van der Waals surface area (Å²) in [4.78, 5) is 24.9. The van der Waals surface area contributed by atoms with Gasteiger partial charge < -0.3 is 19.6 Å². The number of fused-ring (bicyclic) bond motifs is 1. The number of benzene rings is 1. The largest absolute Gasteiger partial charge is 0.479 e. The number of hydrogen-bond acceptors (Lipinski definition) is 7. The van der Waals surface area contributed by atoms with Gasteiger partial charge in [0.05, 0.1) is 6.33 Å². The maximum Gasteiger partial charge on any atom is 0.335 e. The number of carboxylic acid groups (broad SMARTS) is 1. The Morgan fingerprint density at radius 2 is 1.88 bits per heavy atom. The Labute approximate surface area is 198 Å². The molecule has 1 aliphatic heterocycles. The minimum atomic E-state index is -2.28. The molecule has 1 aromatic carbocycles. The highest BCUT2D eigenvalue weighted by atomic mass is 28.4. The number of alkyl halides is 1. The van der Waals surface area contributed by atoms with Gasteiger partial charge in [-0.3, -0.25) is 4.57 Å². The van der Waals surface area contributed by atoms with Gasteiger partial charge in [0.2, 0.25) is 0 Å². The molecule has 4 atom stereocenters. The SMILES string of the molecule is CC[Si](CC)(CC)O[C@H]1[C@H](F)[C@H](n2cnc3c(NCc4ccccc4)ncnc32)O[C@@H]1C(=O)O. The number of ether oxygens (including phenoxy) is 1. The third-order valence-corrected chi connectivity index (χ3v) is 11.3. The van der Waals surface area contributed by atoms with Crippen molar-refractivity contribution in [2.24, 2.45) is 0 Å². The third kappa shape index (κ3) is 4.55. The standard InChI is InChI=1S/C23H30FN5O4Si/c1-4-34(5-2,6-3)33-18-16(24)22(32-19(18)23(30)31)29-14-28-17-20(26-13-27-21(17)29)25-12-15-10-8-7-9-11-15/h7-11,13-14,16,18-19,22H,4-6,12H2,1-3H3,(H,30,31)(H,25,26,27)/t16-,18-,19-,22+/m0/s1. The number of nitrogens with one attached hydrogen (secondary N) is 1. The summed E-state index contributed by atoms with van der Waals surface area (Å²) in [5.74, 6) is -0.747.